The highest BCUT2D eigenvalue weighted by Crippen LogP contribution is 2.25. The van der Waals surface area contributed by atoms with Crippen LogP contribution in [-0.4, -0.2) is 82.5 Å². The number of Topliss-reactive ketones (excluding diaryl/α,β-unsaturated/α-hetero) is 1. The number of hydrogen-bond acceptors (Lipinski definition) is 8. The minimum Gasteiger partial charge on any atom is -0.478 e. The number of carboxylic acid groups (broad SMARTS) is 1. The third-order valence-electron chi connectivity index (χ3n) is 5.61. The molecule has 0 radical (unpaired) electrons. The van der Waals surface area contributed by atoms with Gasteiger partial charge in [0.05, 0.1) is 24.2 Å². The van der Waals surface area contributed by atoms with Crippen molar-refractivity contribution in [3.05, 3.63) is 64.7 Å². The van der Waals surface area contributed by atoms with Crippen molar-refractivity contribution in [3.63, 3.8) is 0 Å². The van der Waals surface area contributed by atoms with Crippen molar-refractivity contribution in [2.75, 3.05) is 45.1 Å². The fourth-order valence-corrected chi connectivity index (χ4v) is 4.51. The number of carbonyl (C=O) groups excluding carboxylic acids is 2. The summed E-state index contributed by atoms with van der Waals surface area (Å²) in [4.78, 5) is 41.4. The van der Waals surface area contributed by atoms with Crippen LogP contribution in [0.15, 0.2) is 48.5 Å². The smallest absolute Gasteiger partial charge is 0.337 e. The Kier molecular flexibility index (Phi) is 7.41. The lowest BCUT2D eigenvalue weighted by atomic mass is 10.0. The Balaban J connectivity index is 1.45. The van der Waals surface area contributed by atoms with E-state index < -0.39 is 5.97 Å². The lowest BCUT2D eigenvalue weighted by molar-refractivity contribution is -0.117. The Bertz CT molecular complexity index is 1190. The maximum absolute atomic E-state index is 12.9. The van der Waals surface area contributed by atoms with Gasteiger partial charge in [-0.3, -0.25) is 14.5 Å². The minimum absolute atomic E-state index is 0.0333. The van der Waals surface area contributed by atoms with Crippen LogP contribution in [0.25, 0.3) is 10.6 Å². The highest BCUT2D eigenvalue weighted by Gasteiger charge is 2.20. The van der Waals surface area contributed by atoms with Gasteiger partial charge >= 0.3 is 5.97 Å². The van der Waals surface area contributed by atoms with Gasteiger partial charge in [0.15, 0.2) is 5.78 Å². The summed E-state index contributed by atoms with van der Waals surface area (Å²) >= 11 is 1.34. The molecule has 176 valence electrons. The number of carbonyl (C=O) groups is 3. The molecule has 4 rings (SSSR count). The number of piperazine rings is 1. The molecule has 0 saturated carbocycles. The second-order valence-electron chi connectivity index (χ2n) is 8.16. The van der Waals surface area contributed by atoms with Crippen molar-refractivity contribution in [2.24, 2.45) is 0 Å². The number of rotatable bonds is 8. The van der Waals surface area contributed by atoms with Crippen LogP contribution in [-0.2, 0) is 11.2 Å². The van der Waals surface area contributed by atoms with Gasteiger partial charge in [-0.05, 0) is 19.2 Å². The van der Waals surface area contributed by atoms with E-state index in [1.807, 2.05) is 42.3 Å². The largest absolute Gasteiger partial charge is 0.478 e. The molecule has 10 heteroatoms. The summed E-state index contributed by atoms with van der Waals surface area (Å²) in [5, 5.41) is 21.8. The standard InChI is InChI=1S/C24H25N5O4S/c1-28-9-11-29(12-10-28)15-21(31)25-19-13-17(7-8-18(19)24(32)33)20(30)14-22-26-27-23(34-22)16-5-3-2-4-6-16/h2-8,13H,9-12,14-15H2,1H3,(H,25,31)(H,32,33). The summed E-state index contributed by atoms with van der Waals surface area (Å²) in [6.07, 6.45) is 0.0333. The molecule has 34 heavy (non-hydrogen) atoms. The van der Waals surface area contributed by atoms with E-state index >= 15 is 0 Å². The fraction of sp³-hybridized carbons (Fsp3) is 0.292. The number of benzene rings is 2. The number of carboxylic acids is 1. The van der Waals surface area contributed by atoms with Crippen molar-refractivity contribution >= 4 is 34.7 Å². The van der Waals surface area contributed by atoms with Crippen molar-refractivity contribution in [1.82, 2.24) is 20.0 Å². The molecule has 2 N–H and O–H groups in total. The highest BCUT2D eigenvalue weighted by atomic mass is 32.1. The van der Waals surface area contributed by atoms with Gasteiger partial charge in [0, 0.05) is 37.3 Å². The van der Waals surface area contributed by atoms with Crippen molar-refractivity contribution in [2.45, 2.75) is 6.42 Å². The monoisotopic (exact) mass is 479 g/mol. The van der Waals surface area contributed by atoms with Gasteiger partial charge in [-0.25, -0.2) is 4.79 Å². The molecule has 1 amide bonds. The number of anilines is 1. The molecule has 0 atom stereocenters. The minimum atomic E-state index is -1.18. The van der Waals surface area contributed by atoms with E-state index in [1.54, 1.807) is 0 Å². The molecule has 2 aromatic carbocycles. The summed E-state index contributed by atoms with van der Waals surface area (Å²) in [5.41, 5.74) is 1.27. The average molecular weight is 480 g/mol. The summed E-state index contributed by atoms with van der Waals surface area (Å²) in [6, 6.07) is 13.8. The molecule has 1 aliphatic heterocycles. The summed E-state index contributed by atoms with van der Waals surface area (Å²) in [7, 11) is 2.03. The number of likely N-dealkylation sites (N-methyl/N-ethyl adjacent to an activating group) is 1. The predicted octanol–water partition coefficient (Wildman–Crippen LogP) is 2.51. The van der Waals surface area contributed by atoms with Crippen molar-refractivity contribution < 1.29 is 19.5 Å². The number of nitrogens with one attached hydrogen (secondary N) is 1. The number of aromatic carboxylic acids is 1. The van der Waals surface area contributed by atoms with Gasteiger partial charge in [-0.15, -0.1) is 10.2 Å². The number of nitrogens with zero attached hydrogens (tertiary/aromatic N) is 4. The number of aromatic nitrogens is 2. The van der Waals surface area contributed by atoms with Crippen LogP contribution in [0, 0.1) is 0 Å². The molecular weight excluding hydrogens is 454 g/mol. The molecule has 3 aromatic rings. The second-order valence-corrected chi connectivity index (χ2v) is 9.22. The van der Waals surface area contributed by atoms with Gasteiger partial charge in [0.2, 0.25) is 5.91 Å². The van der Waals surface area contributed by atoms with Crippen LogP contribution in [0.5, 0.6) is 0 Å². The first-order valence-corrected chi connectivity index (χ1v) is 11.7. The molecular formula is C24H25N5O4S. The zero-order valence-electron chi connectivity index (χ0n) is 18.7. The van der Waals surface area contributed by atoms with E-state index in [4.69, 9.17) is 0 Å². The first-order valence-electron chi connectivity index (χ1n) is 10.9. The molecule has 9 nitrogen and oxygen atoms in total. The Hall–Kier alpha value is -3.47. The van der Waals surface area contributed by atoms with Crippen LogP contribution in [0.1, 0.15) is 25.7 Å². The third-order valence-corrected chi connectivity index (χ3v) is 6.58. The molecule has 0 bridgehead atoms. The molecule has 1 aliphatic rings. The van der Waals surface area contributed by atoms with E-state index in [2.05, 4.69) is 20.4 Å². The first-order chi connectivity index (χ1) is 16.4. The van der Waals surface area contributed by atoms with Gasteiger partial charge < -0.3 is 15.3 Å². The molecule has 0 spiro atoms. The molecule has 0 unspecified atom stereocenters. The maximum atomic E-state index is 12.9. The molecule has 1 fully saturated rings. The van der Waals surface area contributed by atoms with E-state index in [0.717, 1.165) is 36.8 Å². The predicted molar refractivity (Wildman–Crippen MR) is 129 cm³/mol. The summed E-state index contributed by atoms with van der Waals surface area (Å²) < 4.78 is 0. The molecule has 1 saturated heterocycles. The Morgan fingerprint density at radius 1 is 1.03 bits per heavy atom. The summed E-state index contributed by atoms with van der Waals surface area (Å²) in [5.74, 6) is -1.72. The van der Waals surface area contributed by atoms with Crippen molar-refractivity contribution in [3.8, 4) is 10.6 Å². The lowest BCUT2D eigenvalue weighted by Crippen LogP contribution is -2.47. The first kappa shape index (κ1) is 23.7. The van der Waals surface area contributed by atoms with Crippen LogP contribution < -0.4 is 5.32 Å². The van der Waals surface area contributed by atoms with Gasteiger partial charge in [0.1, 0.15) is 10.0 Å². The van der Waals surface area contributed by atoms with Gasteiger partial charge in [0.25, 0.3) is 0 Å². The highest BCUT2D eigenvalue weighted by molar-refractivity contribution is 7.14. The van der Waals surface area contributed by atoms with Crippen molar-refractivity contribution in [1.29, 1.82) is 0 Å². The van der Waals surface area contributed by atoms with Crippen LogP contribution in [0.2, 0.25) is 0 Å². The Labute approximate surface area is 201 Å². The fourth-order valence-electron chi connectivity index (χ4n) is 3.67. The van der Waals surface area contributed by atoms with Gasteiger partial charge in [-0.1, -0.05) is 47.7 Å². The second kappa shape index (κ2) is 10.6. The average Bonchev–Trinajstić information content (AvgIpc) is 3.29. The summed E-state index contributed by atoms with van der Waals surface area (Å²) in [6.45, 7) is 3.44. The van der Waals surface area contributed by atoms with E-state index in [1.165, 1.54) is 29.5 Å². The Morgan fingerprint density at radius 3 is 2.47 bits per heavy atom. The number of ketones is 1. The SMILES string of the molecule is CN1CCN(CC(=O)Nc2cc(C(=O)Cc3nnc(-c4ccccc4)s3)ccc2C(=O)O)CC1. The van der Waals surface area contributed by atoms with Crippen LogP contribution in [0.3, 0.4) is 0 Å². The third kappa shape index (κ3) is 5.90. The van der Waals surface area contributed by atoms with Crippen LogP contribution >= 0.6 is 11.3 Å². The lowest BCUT2D eigenvalue weighted by Gasteiger charge is -2.31. The normalized spacial score (nSPS) is 14.6. The van der Waals surface area contributed by atoms with E-state index in [0.29, 0.717) is 10.6 Å². The topological polar surface area (TPSA) is 116 Å². The Morgan fingerprint density at radius 2 is 1.76 bits per heavy atom. The van der Waals surface area contributed by atoms with E-state index in [-0.39, 0.29) is 35.9 Å². The van der Waals surface area contributed by atoms with E-state index in [9.17, 15) is 19.5 Å². The van der Waals surface area contributed by atoms with Gasteiger partial charge in [-0.2, -0.15) is 0 Å². The molecule has 0 aliphatic carbocycles. The molecule has 2 heterocycles. The quantitative estimate of drug-likeness (QED) is 0.474. The van der Waals surface area contributed by atoms with Crippen LogP contribution in [0.4, 0.5) is 5.69 Å². The zero-order valence-corrected chi connectivity index (χ0v) is 19.5. The maximum Gasteiger partial charge on any atom is 0.337 e. The number of amides is 1. The number of hydrogen-bond donors (Lipinski definition) is 2. The zero-order chi connectivity index (χ0) is 24.1. The molecule has 1 aromatic heterocycles.